The highest BCUT2D eigenvalue weighted by atomic mass is 16.5. The average molecular weight is 261 g/mol. The molecule has 1 unspecified atom stereocenters. The Hall–Kier alpha value is -1.84. The summed E-state index contributed by atoms with van der Waals surface area (Å²) >= 11 is 0. The minimum absolute atomic E-state index is 0.137. The Labute approximate surface area is 113 Å². The Morgan fingerprint density at radius 2 is 2.00 bits per heavy atom. The van der Waals surface area contributed by atoms with Crippen LogP contribution in [-0.2, 0) is 9.53 Å². The van der Waals surface area contributed by atoms with Gasteiger partial charge in [-0.25, -0.2) is 4.79 Å². The van der Waals surface area contributed by atoms with E-state index in [0.29, 0.717) is 6.42 Å². The van der Waals surface area contributed by atoms with Crippen LogP contribution in [-0.4, -0.2) is 31.4 Å². The molecule has 1 aromatic carbocycles. The summed E-state index contributed by atoms with van der Waals surface area (Å²) in [4.78, 5) is 25.3. The molecule has 0 aliphatic carbocycles. The number of esters is 1. The molecule has 0 aromatic heterocycles. The van der Waals surface area contributed by atoms with Crippen LogP contribution in [0.4, 0.5) is 5.69 Å². The largest absolute Gasteiger partial charge is 0.467 e. The molecule has 1 heterocycles. The van der Waals surface area contributed by atoms with Crippen molar-refractivity contribution in [1.29, 1.82) is 0 Å². The third-order valence-corrected chi connectivity index (χ3v) is 3.57. The van der Waals surface area contributed by atoms with Crippen molar-refractivity contribution in [2.24, 2.45) is 0 Å². The Balaban J connectivity index is 2.17. The van der Waals surface area contributed by atoms with Gasteiger partial charge in [0.2, 0.25) is 0 Å². The first-order valence-corrected chi connectivity index (χ1v) is 6.65. The molecule has 1 fully saturated rings. The fourth-order valence-electron chi connectivity index (χ4n) is 2.50. The standard InChI is InChI=1S/C15H19NO3/c1-3-14(17)11-6-8-12(9-7-11)16-10-4-5-13(16)15(18)19-2/h6-9,13H,3-5,10H2,1-2H3. The predicted molar refractivity (Wildman–Crippen MR) is 73.4 cm³/mol. The van der Waals surface area contributed by atoms with Crippen LogP contribution in [0.25, 0.3) is 0 Å². The van der Waals surface area contributed by atoms with Gasteiger partial charge < -0.3 is 9.64 Å². The van der Waals surface area contributed by atoms with E-state index >= 15 is 0 Å². The second-order valence-electron chi connectivity index (χ2n) is 4.70. The van der Waals surface area contributed by atoms with Crippen molar-refractivity contribution in [2.75, 3.05) is 18.6 Å². The normalized spacial score (nSPS) is 18.4. The van der Waals surface area contributed by atoms with Gasteiger partial charge in [0.15, 0.2) is 5.78 Å². The number of carbonyl (C=O) groups excluding carboxylic acids is 2. The molecule has 1 aromatic rings. The Morgan fingerprint density at radius 1 is 1.32 bits per heavy atom. The van der Waals surface area contributed by atoms with Gasteiger partial charge in [-0.1, -0.05) is 6.92 Å². The molecular formula is C15H19NO3. The summed E-state index contributed by atoms with van der Waals surface area (Å²) in [5, 5.41) is 0. The monoisotopic (exact) mass is 261 g/mol. The predicted octanol–water partition coefficient (Wildman–Crippen LogP) is 2.42. The van der Waals surface area contributed by atoms with E-state index in [4.69, 9.17) is 4.74 Å². The lowest BCUT2D eigenvalue weighted by atomic mass is 10.1. The van der Waals surface area contributed by atoms with Gasteiger partial charge in [-0.3, -0.25) is 4.79 Å². The minimum Gasteiger partial charge on any atom is -0.467 e. The highest BCUT2D eigenvalue weighted by Crippen LogP contribution is 2.26. The fraction of sp³-hybridized carbons (Fsp3) is 0.467. The van der Waals surface area contributed by atoms with E-state index in [1.807, 2.05) is 36.1 Å². The zero-order chi connectivity index (χ0) is 13.8. The summed E-state index contributed by atoms with van der Waals surface area (Å²) in [7, 11) is 1.42. The highest BCUT2D eigenvalue weighted by Gasteiger charge is 2.31. The summed E-state index contributed by atoms with van der Waals surface area (Å²) in [5.41, 5.74) is 1.70. The van der Waals surface area contributed by atoms with E-state index in [-0.39, 0.29) is 17.8 Å². The molecular weight excluding hydrogens is 242 g/mol. The van der Waals surface area contributed by atoms with Gasteiger partial charge in [-0.2, -0.15) is 0 Å². The topological polar surface area (TPSA) is 46.6 Å². The Morgan fingerprint density at radius 3 is 2.58 bits per heavy atom. The summed E-state index contributed by atoms with van der Waals surface area (Å²) in [6, 6.07) is 7.27. The highest BCUT2D eigenvalue weighted by molar-refractivity contribution is 5.96. The van der Waals surface area contributed by atoms with E-state index in [2.05, 4.69) is 0 Å². The van der Waals surface area contributed by atoms with Gasteiger partial charge in [0.1, 0.15) is 6.04 Å². The summed E-state index contributed by atoms with van der Waals surface area (Å²) < 4.78 is 4.83. The van der Waals surface area contributed by atoms with Gasteiger partial charge in [0.05, 0.1) is 7.11 Å². The van der Waals surface area contributed by atoms with Crippen LogP contribution in [0.3, 0.4) is 0 Å². The van der Waals surface area contributed by atoms with E-state index in [1.54, 1.807) is 0 Å². The van der Waals surface area contributed by atoms with Crippen molar-refractivity contribution in [3.63, 3.8) is 0 Å². The number of nitrogens with zero attached hydrogens (tertiary/aromatic N) is 1. The molecule has 4 nitrogen and oxygen atoms in total. The number of anilines is 1. The van der Waals surface area contributed by atoms with Crippen LogP contribution in [0, 0.1) is 0 Å². The number of carbonyl (C=O) groups is 2. The van der Waals surface area contributed by atoms with E-state index < -0.39 is 0 Å². The van der Waals surface area contributed by atoms with Crippen molar-refractivity contribution in [1.82, 2.24) is 0 Å². The zero-order valence-corrected chi connectivity index (χ0v) is 11.4. The molecule has 0 amide bonds. The molecule has 1 aliphatic heterocycles. The zero-order valence-electron chi connectivity index (χ0n) is 11.4. The van der Waals surface area contributed by atoms with E-state index in [0.717, 1.165) is 30.6 Å². The van der Waals surface area contributed by atoms with Gasteiger partial charge in [-0.15, -0.1) is 0 Å². The van der Waals surface area contributed by atoms with Gasteiger partial charge in [-0.05, 0) is 37.1 Å². The molecule has 19 heavy (non-hydrogen) atoms. The average Bonchev–Trinajstić information content (AvgIpc) is 2.95. The summed E-state index contributed by atoms with van der Waals surface area (Å²) in [6.45, 7) is 2.70. The molecule has 0 spiro atoms. The number of Topliss-reactive ketones (excluding diaryl/α,β-unsaturated/α-hetero) is 1. The van der Waals surface area contributed by atoms with Crippen molar-refractivity contribution < 1.29 is 14.3 Å². The molecule has 0 N–H and O–H groups in total. The van der Waals surface area contributed by atoms with E-state index in [9.17, 15) is 9.59 Å². The number of hydrogen-bond donors (Lipinski definition) is 0. The van der Waals surface area contributed by atoms with Crippen LogP contribution in [0.5, 0.6) is 0 Å². The van der Waals surface area contributed by atoms with Crippen molar-refractivity contribution in [2.45, 2.75) is 32.2 Å². The van der Waals surface area contributed by atoms with Gasteiger partial charge >= 0.3 is 5.97 Å². The fourth-order valence-corrected chi connectivity index (χ4v) is 2.50. The molecule has 102 valence electrons. The lowest BCUT2D eigenvalue weighted by molar-refractivity contribution is -0.141. The second-order valence-corrected chi connectivity index (χ2v) is 4.70. The van der Waals surface area contributed by atoms with Crippen molar-refractivity contribution >= 4 is 17.4 Å². The quantitative estimate of drug-likeness (QED) is 0.617. The lowest BCUT2D eigenvalue weighted by Crippen LogP contribution is -2.36. The number of ketones is 1. The minimum atomic E-state index is -0.197. The summed E-state index contributed by atoms with van der Waals surface area (Å²) in [5.74, 6) is -0.0521. The first-order valence-electron chi connectivity index (χ1n) is 6.65. The SMILES string of the molecule is CCC(=O)c1ccc(N2CCCC2C(=O)OC)cc1. The summed E-state index contributed by atoms with van der Waals surface area (Å²) in [6.07, 6.45) is 2.31. The van der Waals surface area contributed by atoms with Gasteiger partial charge in [0, 0.05) is 24.2 Å². The van der Waals surface area contributed by atoms with Crippen LogP contribution in [0.15, 0.2) is 24.3 Å². The molecule has 1 saturated heterocycles. The molecule has 0 saturated carbocycles. The third kappa shape index (κ3) is 2.78. The first kappa shape index (κ1) is 13.6. The first-order chi connectivity index (χ1) is 9.17. The molecule has 0 bridgehead atoms. The third-order valence-electron chi connectivity index (χ3n) is 3.57. The second kappa shape index (κ2) is 5.87. The van der Waals surface area contributed by atoms with Gasteiger partial charge in [0.25, 0.3) is 0 Å². The molecule has 4 heteroatoms. The van der Waals surface area contributed by atoms with Crippen molar-refractivity contribution in [3.8, 4) is 0 Å². The van der Waals surface area contributed by atoms with Crippen LogP contribution in [0.2, 0.25) is 0 Å². The Kier molecular flexibility index (Phi) is 4.20. The molecule has 1 atom stereocenters. The van der Waals surface area contributed by atoms with Crippen molar-refractivity contribution in [3.05, 3.63) is 29.8 Å². The number of benzene rings is 1. The number of methoxy groups -OCH3 is 1. The Bertz CT molecular complexity index is 467. The lowest BCUT2D eigenvalue weighted by Gasteiger charge is -2.24. The van der Waals surface area contributed by atoms with Crippen LogP contribution >= 0.6 is 0 Å². The number of rotatable bonds is 4. The molecule has 2 rings (SSSR count). The maximum absolute atomic E-state index is 11.7. The maximum atomic E-state index is 11.7. The smallest absolute Gasteiger partial charge is 0.328 e. The molecule has 1 aliphatic rings. The van der Waals surface area contributed by atoms with Crippen LogP contribution in [0.1, 0.15) is 36.5 Å². The van der Waals surface area contributed by atoms with E-state index in [1.165, 1.54) is 7.11 Å². The van der Waals surface area contributed by atoms with Crippen LogP contribution < -0.4 is 4.90 Å². The maximum Gasteiger partial charge on any atom is 0.328 e. The molecule has 0 radical (unpaired) electrons. The number of hydrogen-bond acceptors (Lipinski definition) is 4. The number of ether oxygens (including phenoxy) is 1.